The van der Waals surface area contributed by atoms with E-state index in [2.05, 4.69) is 29.0 Å². The molecule has 0 radical (unpaired) electrons. The molecule has 7 nitrogen and oxygen atoms in total. The molecule has 8 heteroatoms. The Morgan fingerprint density at radius 2 is 2.13 bits per heavy atom. The average molecular weight is 435 g/mol. The first-order valence-corrected chi connectivity index (χ1v) is 11.0. The fraction of sp³-hybridized carbons (Fsp3) is 0.304. The van der Waals surface area contributed by atoms with Crippen molar-refractivity contribution in [3.05, 3.63) is 58.9 Å². The third kappa shape index (κ3) is 3.79. The van der Waals surface area contributed by atoms with Gasteiger partial charge in [-0.05, 0) is 36.1 Å². The molecule has 2 aliphatic rings. The van der Waals surface area contributed by atoms with Crippen molar-refractivity contribution in [3.8, 4) is 5.75 Å². The van der Waals surface area contributed by atoms with E-state index in [4.69, 9.17) is 9.72 Å². The number of anilines is 3. The van der Waals surface area contributed by atoms with Crippen LogP contribution < -0.4 is 15.0 Å². The number of aromatic nitrogens is 2. The van der Waals surface area contributed by atoms with Gasteiger partial charge in [0.1, 0.15) is 12.4 Å². The van der Waals surface area contributed by atoms with Gasteiger partial charge in [0, 0.05) is 30.6 Å². The standard InChI is InChI=1S/C23H22N4O3S/c1-23(2)11-16-20(18(28)12-23)31-22(26-16)27-8-9-30-19-10-15(5-6-17(19)27)25-21(29)14-4-3-7-24-13-14/h3-7,10,13H,8-9,11-12H2,1-2H3,(H,25,29). The molecular formula is C23H22N4O3S. The molecule has 0 atom stereocenters. The minimum Gasteiger partial charge on any atom is -0.489 e. The summed E-state index contributed by atoms with van der Waals surface area (Å²) in [7, 11) is 0. The number of hydrogen-bond acceptors (Lipinski definition) is 7. The molecule has 1 aliphatic carbocycles. The number of amides is 1. The van der Waals surface area contributed by atoms with Crippen molar-refractivity contribution >= 4 is 39.5 Å². The Balaban J connectivity index is 1.41. The van der Waals surface area contributed by atoms with Crippen molar-refractivity contribution in [1.82, 2.24) is 9.97 Å². The monoisotopic (exact) mass is 434 g/mol. The SMILES string of the molecule is CC1(C)CC(=O)c2sc(N3CCOc4cc(NC(=O)c5cccnc5)ccc43)nc2C1. The highest BCUT2D eigenvalue weighted by Gasteiger charge is 2.35. The number of fused-ring (bicyclic) bond motifs is 2. The highest BCUT2D eigenvalue weighted by atomic mass is 32.1. The lowest BCUT2D eigenvalue weighted by molar-refractivity contribution is 0.0915. The van der Waals surface area contributed by atoms with Crippen LogP contribution in [0.25, 0.3) is 0 Å². The molecule has 0 spiro atoms. The number of benzene rings is 1. The second-order valence-electron chi connectivity index (χ2n) is 8.59. The minimum atomic E-state index is -0.227. The number of thiazole rings is 1. The number of ether oxygens (including phenoxy) is 1. The third-order valence-electron chi connectivity index (χ3n) is 5.46. The first kappa shape index (κ1) is 19.7. The smallest absolute Gasteiger partial charge is 0.257 e. The number of nitrogens with zero attached hydrogens (tertiary/aromatic N) is 3. The predicted octanol–water partition coefficient (Wildman–Crippen LogP) is 4.48. The molecule has 0 bridgehead atoms. The summed E-state index contributed by atoms with van der Waals surface area (Å²) in [6.07, 6.45) is 4.52. The van der Waals surface area contributed by atoms with Crippen molar-refractivity contribution in [2.24, 2.45) is 5.41 Å². The molecule has 2 aromatic heterocycles. The fourth-order valence-corrected chi connectivity index (χ4v) is 5.08. The molecule has 0 saturated carbocycles. The van der Waals surface area contributed by atoms with E-state index in [1.165, 1.54) is 17.5 Å². The Morgan fingerprint density at radius 3 is 2.94 bits per heavy atom. The summed E-state index contributed by atoms with van der Waals surface area (Å²) < 4.78 is 5.86. The normalized spacial score (nSPS) is 16.8. The maximum absolute atomic E-state index is 12.6. The molecule has 0 fully saturated rings. The third-order valence-corrected chi connectivity index (χ3v) is 6.62. The van der Waals surface area contributed by atoms with Crippen LogP contribution >= 0.6 is 11.3 Å². The lowest BCUT2D eigenvalue weighted by Crippen LogP contribution is -2.28. The van der Waals surface area contributed by atoms with Gasteiger partial charge in [0.2, 0.25) is 0 Å². The van der Waals surface area contributed by atoms with Crippen molar-refractivity contribution in [1.29, 1.82) is 0 Å². The molecule has 1 aliphatic heterocycles. The van der Waals surface area contributed by atoms with Gasteiger partial charge in [0.15, 0.2) is 10.9 Å². The first-order chi connectivity index (χ1) is 14.9. The topological polar surface area (TPSA) is 84.4 Å². The summed E-state index contributed by atoms with van der Waals surface area (Å²) in [6, 6.07) is 9.02. The summed E-state index contributed by atoms with van der Waals surface area (Å²) in [4.78, 5) is 36.7. The fourth-order valence-electron chi connectivity index (χ4n) is 4.02. The molecule has 1 N–H and O–H groups in total. The molecule has 3 heterocycles. The lowest BCUT2D eigenvalue weighted by atomic mass is 9.78. The highest BCUT2D eigenvalue weighted by molar-refractivity contribution is 7.17. The number of carbonyl (C=O) groups excluding carboxylic acids is 2. The zero-order valence-electron chi connectivity index (χ0n) is 17.3. The van der Waals surface area contributed by atoms with Crippen LogP contribution in [0.1, 0.15) is 46.0 Å². The van der Waals surface area contributed by atoms with Crippen LogP contribution in [0.15, 0.2) is 42.7 Å². The van der Waals surface area contributed by atoms with E-state index in [0.29, 0.717) is 36.6 Å². The van der Waals surface area contributed by atoms with Crippen molar-refractivity contribution in [2.75, 3.05) is 23.4 Å². The number of Topliss-reactive ketones (excluding diaryl/α,β-unsaturated/α-hetero) is 1. The van der Waals surface area contributed by atoms with Gasteiger partial charge in [-0.15, -0.1) is 0 Å². The van der Waals surface area contributed by atoms with Crippen LogP contribution in [0.5, 0.6) is 5.75 Å². The van der Waals surface area contributed by atoms with E-state index >= 15 is 0 Å². The number of hydrogen-bond donors (Lipinski definition) is 1. The summed E-state index contributed by atoms with van der Waals surface area (Å²) in [6.45, 7) is 5.37. The number of pyridine rings is 1. The van der Waals surface area contributed by atoms with Gasteiger partial charge in [0.25, 0.3) is 5.91 Å². The predicted molar refractivity (Wildman–Crippen MR) is 120 cm³/mol. The Morgan fingerprint density at radius 1 is 1.26 bits per heavy atom. The highest BCUT2D eigenvalue weighted by Crippen LogP contribution is 2.44. The Kier molecular flexibility index (Phi) is 4.74. The van der Waals surface area contributed by atoms with E-state index in [1.54, 1.807) is 18.3 Å². The average Bonchev–Trinajstić information content (AvgIpc) is 3.17. The lowest BCUT2D eigenvalue weighted by Gasteiger charge is -2.29. The Labute approximate surface area is 184 Å². The quantitative estimate of drug-likeness (QED) is 0.654. The van der Waals surface area contributed by atoms with Crippen LogP contribution in [-0.2, 0) is 6.42 Å². The maximum Gasteiger partial charge on any atom is 0.257 e. The van der Waals surface area contributed by atoms with Gasteiger partial charge in [-0.3, -0.25) is 14.6 Å². The van der Waals surface area contributed by atoms with Gasteiger partial charge in [-0.25, -0.2) is 4.98 Å². The van der Waals surface area contributed by atoms with E-state index in [-0.39, 0.29) is 17.1 Å². The molecule has 0 unspecified atom stereocenters. The zero-order valence-corrected chi connectivity index (χ0v) is 18.2. The van der Waals surface area contributed by atoms with E-state index in [0.717, 1.165) is 27.8 Å². The van der Waals surface area contributed by atoms with E-state index in [9.17, 15) is 9.59 Å². The van der Waals surface area contributed by atoms with Gasteiger partial charge in [-0.1, -0.05) is 25.2 Å². The number of rotatable bonds is 3. The first-order valence-electron chi connectivity index (χ1n) is 10.2. The summed E-state index contributed by atoms with van der Waals surface area (Å²) in [5.41, 5.74) is 2.85. The van der Waals surface area contributed by atoms with Crippen LogP contribution in [0, 0.1) is 5.41 Å². The number of carbonyl (C=O) groups is 2. The van der Waals surface area contributed by atoms with Crippen LogP contribution in [-0.4, -0.2) is 34.8 Å². The Bertz CT molecular complexity index is 1170. The maximum atomic E-state index is 12.6. The van der Waals surface area contributed by atoms with E-state index in [1.807, 2.05) is 18.2 Å². The largest absolute Gasteiger partial charge is 0.489 e. The van der Waals surface area contributed by atoms with Crippen molar-refractivity contribution in [2.45, 2.75) is 26.7 Å². The van der Waals surface area contributed by atoms with Gasteiger partial charge in [-0.2, -0.15) is 0 Å². The molecule has 158 valence electrons. The molecular weight excluding hydrogens is 412 g/mol. The summed E-state index contributed by atoms with van der Waals surface area (Å²) in [5.74, 6) is 0.626. The molecule has 3 aromatic rings. The molecule has 1 amide bonds. The zero-order chi connectivity index (χ0) is 21.6. The number of nitrogens with one attached hydrogen (secondary N) is 1. The van der Waals surface area contributed by atoms with Crippen molar-refractivity contribution in [3.63, 3.8) is 0 Å². The Hall–Kier alpha value is -3.26. The molecule has 1 aromatic carbocycles. The number of ketones is 1. The molecule has 31 heavy (non-hydrogen) atoms. The van der Waals surface area contributed by atoms with Crippen LogP contribution in [0.2, 0.25) is 0 Å². The van der Waals surface area contributed by atoms with Gasteiger partial charge in [0.05, 0.1) is 28.4 Å². The second kappa shape index (κ2) is 7.46. The molecule has 5 rings (SSSR count). The van der Waals surface area contributed by atoms with Gasteiger partial charge >= 0.3 is 0 Å². The van der Waals surface area contributed by atoms with Crippen molar-refractivity contribution < 1.29 is 14.3 Å². The van der Waals surface area contributed by atoms with Gasteiger partial charge < -0.3 is 15.0 Å². The summed E-state index contributed by atoms with van der Waals surface area (Å²) in [5, 5.41) is 3.70. The second-order valence-corrected chi connectivity index (χ2v) is 9.57. The summed E-state index contributed by atoms with van der Waals surface area (Å²) >= 11 is 1.46. The van der Waals surface area contributed by atoms with E-state index < -0.39 is 0 Å². The minimum absolute atomic E-state index is 0.0558. The van der Waals surface area contributed by atoms with Crippen LogP contribution in [0.4, 0.5) is 16.5 Å². The van der Waals surface area contributed by atoms with Crippen LogP contribution in [0.3, 0.4) is 0 Å². The molecule has 0 saturated heterocycles.